The maximum absolute atomic E-state index is 4.30. The van der Waals surface area contributed by atoms with Gasteiger partial charge in [0.2, 0.25) is 5.95 Å². The summed E-state index contributed by atoms with van der Waals surface area (Å²) in [4.78, 5) is 5.62. The maximum Gasteiger partial charge on any atom is 0.203 e. The molecule has 86 valence electrons. The molecule has 2 rings (SSSR count). The topological polar surface area (TPSA) is 29.9 Å². The molecule has 0 unspecified atom stereocenters. The number of nitrogens with zero attached hydrogens (tertiary/aromatic N) is 2. The van der Waals surface area contributed by atoms with E-state index in [2.05, 4.69) is 56.1 Å². The smallest absolute Gasteiger partial charge is 0.203 e. The highest BCUT2D eigenvalue weighted by Crippen LogP contribution is 2.21. The van der Waals surface area contributed by atoms with Crippen LogP contribution in [0, 0.1) is 0 Å². The van der Waals surface area contributed by atoms with Crippen LogP contribution >= 0.6 is 27.3 Å². The van der Waals surface area contributed by atoms with Gasteiger partial charge in [-0.25, -0.2) is 4.98 Å². The van der Waals surface area contributed by atoms with E-state index in [4.69, 9.17) is 0 Å². The number of imidazole rings is 1. The van der Waals surface area contributed by atoms with Gasteiger partial charge >= 0.3 is 0 Å². The van der Waals surface area contributed by atoms with Crippen molar-refractivity contribution in [1.29, 1.82) is 0 Å². The summed E-state index contributed by atoms with van der Waals surface area (Å²) < 4.78 is 3.27. The van der Waals surface area contributed by atoms with E-state index in [1.165, 1.54) is 4.88 Å². The van der Waals surface area contributed by atoms with Crippen molar-refractivity contribution < 1.29 is 0 Å². The standard InChI is InChI=1S/C11H14BrN3S/c1-8(2)14-11-13-3-4-15(11)6-10-5-9(12)7-16-10/h3-5,7-8H,6H2,1-2H3,(H,13,14). The number of hydrogen-bond donors (Lipinski definition) is 1. The average Bonchev–Trinajstić information content (AvgIpc) is 2.77. The van der Waals surface area contributed by atoms with E-state index >= 15 is 0 Å². The Morgan fingerprint density at radius 1 is 1.56 bits per heavy atom. The first kappa shape index (κ1) is 11.7. The van der Waals surface area contributed by atoms with Gasteiger partial charge in [0.05, 0.1) is 6.54 Å². The Kier molecular flexibility index (Phi) is 3.66. The minimum absolute atomic E-state index is 0.399. The van der Waals surface area contributed by atoms with E-state index in [0.717, 1.165) is 17.0 Å². The van der Waals surface area contributed by atoms with Crippen LogP contribution in [0.1, 0.15) is 18.7 Å². The van der Waals surface area contributed by atoms with E-state index in [1.807, 2.05) is 12.4 Å². The summed E-state index contributed by atoms with van der Waals surface area (Å²) in [7, 11) is 0. The van der Waals surface area contributed by atoms with Crippen molar-refractivity contribution in [3.63, 3.8) is 0 Å². The Morgan fingerprint density at radius 3 is 3.00 bits per heavy atom. The highest BCUT2D eigenvalue weighted by atomic mass is 79.9. The molecule has 0 fully saturated rings. The second-order valence-corrected chi connectivity index (χ2v) is 5.82. The van der Waals surface area contributed by atoms with Gasteiger partial charge in [-0.3, -0.25) is 0 Å². The normalized spacial score (nSPS) is 11.0. The van der Waals surface area contributed by atoms with Crippen molar-refractivity contribution in [3.8, 4) is 0 Å². The molecule has 16 heavy (non-hydrogen) atoms. The van der Waals surface area contributed by atoms with E-state index in [0.29, 0.717) is 6.04 Å². The Balaban J connectivity index is 2.12. The van der Waals surface area contributed by atoms with E-state index in [-0.39, 0.29) is 0 Å². The number of halogens is 1. The number of nitrogens with one attached hydrogen (secondary N) is 1. The quantitative estimate of drug-likeness (QED) is 0.935. The summed E-state index contributed by atoms with van der Waals surface area (Å²) in [6.45, 7) is 5.09. The third-order valence-corrected chi connectivity index (χ3v) is 3.76. The molecular formula is C11H14BrN3S. The monoisotopic (exact) mass is 299 g/mol. The zero-order valence-corrected chi connectivity index (χ0v) is 11.7. The molecular weight excluding hydrogens is 286 g/mol. The lowest BCUT2D eigenvalue weighted by Crippen LogP contribution is -2.14. The second kappa shape index (κ2) is 5.01. The van der Waals surface area contributed by atoms with Crippen LogP contribution in [-0.2, 0) is 6.54 Å². The molecule has 2 aromatic heterocycles. The van der Waals surface area contributed by atoms with Crippen LogP contribution < -0.4 is 5.32 Å². The molecule has 0 spiro atoms. The second-order valence-electron chi connectivity index (χ2n) is 3.91. The molecule has 0 aliphatic heterocycles. The summed E-state index contributed by atoms with van der Waals surface area (Å²) in [5.74, 6) is 0.930. The SMILES string of the molecule is CC(C)Nc1nccn1Cc1cc(Br)cs1. The van der Waals surface area contributed by atoms with Crippen LogP contribution in [0.4, 0.5) is 5.95 Å². The Bertz CT molecular complexity index is 461. The first-order valence-electron chi connectivity index (χ1n) is 5.15. The summed E-state index contributed by atoms with van der Waals surface area (Å²) in [5.41, 5.74) is 0. The van der Waals surface area contributed by atoms with Crippen molar-refractivity contribution in [2.24, 2.45) is 0 Å². The Morgan fingerprint density at radius 2 is 2.38 bits per heavy atom. The van der Waals surface area contributed by atoms with Crippen LogP contribution in [0.5, 0.6) is 0 Å². The van der Waals surface area contributed by atoms with Gasteiger partial charge in [0.25, 0.3) is 0 Å². The predicted molar refractivity (Wildman–Crippen MR) is 72.1 cm³/mol. The molecule has 5 heteroatoms. The third-order valence-electron chi connectivity index (χ3n) is 2.08. The Hall–Kier alpha value is -0.810. The first-order chi connectivity index (χ1) is 7.65. The highest BCUT2D eigenvalue weighted by molar-refractivity contribution is 9.10. The fourth-order valence-electron chi connectivity index (χ4n) is 1.44. The lowest BCUT2D eigenvalue weighted by Gasteiger charge is -2.11. The molecule has 2 heterocycles. The number of anilines is 1. The maximum atomic E-state index is 4.30. The summed E-state index contributed by atoms with van der Waals surface area (Å²) in [5, 5.41) is 5.42. The molecule has 0 atom stereocenters. The molecule has 0 radical (unpaired) electrons. The van der Waals surface area contributed by atoms with E-state index in [1.54, 1.807) is 11.3 Å². The van der Waals surface area contributed by atoms with Gasteiger partial charge in [-0.15, -0.1) is 11.3 Å². The summed E-state index contributed by atoms with van der Waals surface area (Å²) in [6.07, 6.45) is 3.83. The van der Waals surface area contributed by atoms with Crippen molar-refractivity contribution >= 4 is 33.2 Å². The lowest BCUT2D eigenvalue weighted by atomic mass is 10.4. The van der Waals surface area contributed by atoms with Crippen molar-refractivity contribution in [3.05, 3.63) is 33.2 Å². The number of rotatable bonds is 4. The average molecular weight is 300 g/mol. The first-order valence-corrected chi connectivity index (χ1v) is 6.83. The molecule has 0 amide bonds. The number of aromatic nitrogens is 2. The van der Waals surface area contributed by atoms with Gasteiger partial charge in [-0.05, 0) is 35.8 Å². The van der Waals surface area contributed by atoms with Crippen LogP contribution in [0.2, 0.25) is 0 Å². The fraction of sp³-hybridized carbons (Fsp3) is 0.364. The van der Waals surface area contributed by atoms with Crippen molar-refractivity contribution in [2.75, 3.05) is 5.32 Å². The highest BCUT2D eigenvalue weighted by Gasteiger charge is 2.05. The molecule has 3 nitrogen and oxygen atoms in total. The zero-order valence-electron chi connectivity index (χ0n) is 9.27. The molecule has 0 aromatic carbocycles. The van der Waals surface area contributed by atoms with Gasteiger partial charge in [0.1, 0.15) is 0 Å². The molecule has 0 bridgehead atoms. The van der Waals surface area contributed by atoms with Crippen LogP contribution in [0.25, 0.3) is 0 Å². The molecule has 0 aliphatic rings. The summed E-state index contributed by atoms with van der Waals surface area (Å²) >= 11 is 5.22. The van der Waals surface area contributed by atoms with Gasteiger partial charge < -0.3 is 9.88 Å². The van der Waals surface area contributed by atoms with Gasteiger partial charge in [-0.1, -0.05) is 0 Å². The van der Waals surface area contributed by atoms with E-state index < -0.39 is 0 Å². The molecule has 1 N–H and O–H groups in total. The molecule has 0 saturated carbocycles. The van der Waals surface area contributed by atoms with Gasteiger partial charge in [0.15, 0.2) is 0 Å². The predicted octanol–water partition coefficient (Wildman–Crippen LogP) is 3.58. The summed E-state index contributed by atoms with van der Waals surface area (Å²) in [6, 6.07) is 2.54. The van der Waals surface area contributed by atoms with Crippen LogP contribution in [0.15, 0.2) is 28.3 Å². The minimum atomic E-state index is 0.399. The van der Waals surface area contributed by atoms with E-state index in [9.17, 15) is 0 Å². The Labute approximate surface area is 108 Å². The van der Waals surface area contributed by atoms with Gasteiger partial charge in [-0.2, -0.15) is 0 Å². The molecule has 2 aromatic rings. The van der Waals surface area contributed by atoms with Gasteiger partial charge in [0, 0.05) is 33.2 Å². The van der Waals surface area contributed by atoms with Crippen molar-refractivity contribution in [2.45, 2.75) is 26.4 Å². The zero-order chi connectivity index (χ0) is 11.5. The third kappa shape index (κ3) is 2.86. The molecule has 0 aliphatic carbocycles. The van der Waals surface area contributed by atoms with Crippen LogP contribution in [0.3, 0.4) is 0 Å². The number of thiophene rings is 1. The fourth-order valence-corrected chi connectivity index (χ4v) is 2.89. The minimum Gasteiger partial charge on any atom is -0.353 e. The van der Waals surface area contributed by atoms with Crippen LogP contribution in [-0.4, -0.2) is 15.6 Å². The van der Waals surface area contributed by atoms with Crippen molar-refractivity contribution in [1.82, 2.24) is 9.55 Å². The lowest BCUT2D eigenvalue weighted by molar-refractivity contribution is 0.782. The largest absolute Gasteiger partial charge is 0.353 e. The molecule has 0 saturated heterocycles. The number of hydrogen-bond acceptors (Lipinski definition) is 3.